The van der Waals surface area contributed by atoms with Gasteiger partial charge >= 0.3 is 0 Å². The minimum atomic E-state index is -0.0415. The van der Waals surface area contributed by atoms with Gasteiger partial charge in [-0.15, -0.1) is 11.3 Å². The van der Waals surface area contributed by atoms with E-state index in [1.807, 2.05) is 23.3 Å². The molecule has 1 aromatic rings. The van der Waals surface area contributed by atoms with Crippen LogP contribution in [0.5, 0.6) is 0 Å². The molecule has 1 aliphatic carbocycles. The van der Waals surface area contributed by atoms with Crippen molar-refractivity contribution in [3.63, 3.8) is 0 Å². The fourth-order valence-corrected chi connectivity index (χ4v) is 4.09. The maximum atomic E-state index is 12.6. The largest absolute Gasteiger partial charge is 0.396 e. The maximum absolute atomic E-state index is 12.6. The summed E-state index contributed by atoms with van der Waals surface area (Å²) >= 11 is 1.63. The lowest BCUT2D eigenvalue weighted by Crippen LogP contribution is -2.48. The minimum absolute atomic E-state index is 0.0415. The predicted molar refractivity (Wildman–Crippen MR) is 81.1 cm³/mol. The molecule has 1 aliphatic heterocycles. The normalized spacial score (nSPS) is 26.8. The van der Waals surface area contributed by atoms with Crippen molar-refractivity contribution in [2.45, 2.75) is 39.0 Å². The zero-order valence-corrected chi connectivity index (χ0v) is 12.9. The van der Waals surface area contributed by atoms with Crippen LogP contribution < -0.4 is 0 Å². The van der Waals surface area contributed by atoms with Gasteiger partial charge in [0.1, 0.15) is 0 Å². The molecular weight excluding hydrogens is 270 g/mol. The second-order valence-electron chi connectivity index (χ2n) is 6.58. The van der Waals surface area contributed by atoms with Crippen LogP contribution in [0.25, 0.3) is 0 Å². The molecule has 0 bridgehead atoms. The summed E-state index contributed by atoms with van der Waals surface area (Å²) < 4.78 is 0. The fraction of sp³-hybridized carbons (Fsp3) is 0.688. The Hall–Kier alpha value is -0.870. The standard InChI is InChI=1S/C16H23NO2S/c1-12-7-14(9-20-12)15(19)17-6-2-5-16(10-17,11-18)8-13-3-4-13/h7,9,13,18H,2-6,8,10-11H2,1H3/t16-/m1/s1. The van der Waals surface area contributed by atoms with Crippen LogP contribution in [0.15, 0.2) is 11.4 Å². The average molecular weight is 293 g/mol. The van der Waals surface area contributed by atoms with Gasteiger partial charge in [-0.3, -0.25) is 4.79 Å². The van der Waals surface area contributed by atoms with Gasteiger partial charge in [-0.1, -0.05) is 12.8 Å². The van der Waals surface area contributed by atoms with Crippen LogP contribution >= 0.6 is 11.3 Å². The number of carbonyl (C=O) groups is 1. The van der Waals surface area contributed by atoms with Crippen molar-refractivity contribution in [3.8, 4) is 0 Å². The van der Waals surface area contributed by atoms with Gasteiger partial charge in [-0.25, -0.2) is 0 Å². The van der Waals surface area contributed by atoms with E-state index in [1.54, 1.807) is 11.3 Å². The van der Waals surface area contributed by atoms with Crippen molar-refractivity contribution < 1.29 is 9.90 Å². The van der Waals surface area contributed by atoms with Gasteiger partial charge in [0.15, 0.2) is 0 Å². The third kappa shape index (κ3) is 2.91. The van der Waals surface area contributed by atoms with Crippen LogP contribution in [0, 0.1) is 18.3 Å². The van der Waals surface area contributed by atoms with E-state index in [4.69, 9.17) is 0 Å². The highest BCUT2D eigenvalue weighted by molar-refractivity contribution is 7.10. The molecule has 2 heterocycles. The Labute approximate surface area is 124 Å². The zero-order valence-electron chi connectivity index (χ0n) is 12.1. The predicted octanol–water partition coefficient (Wildman–Crippen LogP) is 3.07. The summed E-state index contributed by atoms with van der Waals surface area (Å²) in [5, 5.41) is 11.8. The number of rotatable bonds is 4. The Balaban J connectivity index is 1.71. The number of amides is 1. The lowest BCUT2D eigenvalue weighted by molar-refractivity contribution is 0.0196. The first-order valence-corrected chi connectivity index (χ1v) is 8.45. The number of likely N-dealkylation sites (tertiary alicyclic amines) is 1. The summed E-state index contributed by atoms with van der Waals surface area (Å²) in [5.74, 6) is 0.934. The van der Waals surface area contributed by atoms with Gasteiger partial charge < -0.3 is 10.0 Å². The molecular formula is C16H23NO2S. The summed E-state index contributed by atoms with van der Waals surface area (Å²) in [6.45, 7) is 3.81. The molecule has 1 N–H and O–H groups in total. The molecule has 0 aromatic carbocycles. The van der Waals surface area contributed by atoms with Gasteiger partial charge in [0.05, 0.1) is 12.2 Å². The van der Waals surface area contributed by atoms with E-state index in [-0.39, 0.29) is 17.9 Å². The number of carbonyl (C=O) groups excluding carboxylic acids is 1. The van der Waals surface area contributed by atoms with Gasteiger partial charge in [0.25, 0.3) is 5.91 Å². The Morgan fingerprint density at radius 3 is 2.95 bits per heavy atom. The maximum Gasteiger partial charge on any atom is 0.254 e. The SMILES string of the molecule is Cc1cc(C(=O)N2CCC[C@@](CO)(CC3CC3)C2)cs1. The molecule has 0 spiro atoms. The smallest absolute Gasteiger partial charge is 0.254 e. The van der Waals surface area contributed by atoms with Crippen LogP contribution in [0.4, 0.5) is 0 Å². The second kappa shape index (κ2) is 5.49. The van der Waals surface area contributed by atoms with E-state index in [9.17, 15) is 9.90 Å². The van der Waals surface area contributed by atoms with E-state index >= 15 is 0 Å². The molecule has 4 heteroatoms. The average Bonchev–Trinajstić information content (AvgIpc) is 3.16. The Kier molecular flexibility index (Phi) is 3.87. The molecule has 1 atom stereocenters. The molecule has 3 rings (SSSR count). The molecule has 2 aliphatic rings. The third-order valence-electron chi connectivity index (χ3n) is 4.68. The van der Waals surface area contributed by atoms with Crippen molar-refractivity contribution in [1.82, 2.24) is 4.90 Å². The molecule has 0 unspecified atom stereocenters. The monoisotopic (exact) mass is 293 g/mol. The summed E-state index contributed by atoms with van der Waals surface area (Å²) in [7, 11) is 0. The Bertz CT molecular complexity index is 494. The number of aliphatic hydroxyl groups is 1. The number of hydrogen-bond donors (Lipinski definition) is 1. The molecule has 1 amide bonds. The number of hydrogen-bond acceptors (Lipinski definition) is 3. The van der Waals surface area contributed by atoms with Crippen LogP contribution in [0.2, 0.25) is 0 Å². The van der Waals surface area contributed by atoms with Gasteiger partial charge in [0.2, 0.25) is 0 Å². The first-order valence-electron chi connectivity index (χ1n) is 7.57. The molecule has 0 radical (unpaired) electrons. The Morgan fingerprint density at radius 2 is 2.35 bits per heavy atom. The van der Waals surface area contributed by atoms with Gasteiger partial charge in [-0.05, 0) is 38.2 Å². The number of thiophene rings is 1. The number of piperidine rings is 1. The summed E-state index contributed by atoms with van der Waals surface area (Å²) in [5.41, 5.74) is 0.771. The third-order valence-corrected chi connectivity index (χ3v) is 5.54. The molecule has 3 nitrogen and oxygen atoms in total. The molecule has 1 saturated heterocycles. The fourth-order valence-electron chi connectivity index (χ4n) is 3.41. The number of aryl methyl sites for hydroxylation is 1. The summed E-state index contributed by atoms with van der Waals surface area (Å²) in [6.07, 6.45) is 5.78. The number of nitrogens with zero attached hydrogens (tertiary/aromatic N) is 1. The van der Waals surface area contributed by atoms with Gasteiger partial charge in [0, 0.05) is 28.8 Å². The first-order chi connectivity index (χ1) is 9.62. The van der Waals surface area contributed by atoms with E-state index in [0.717, 1.165) is 43.8 Å². The Morgan fingerprint density at radius 1 is 1.55 bits per heavy atom. The van der Waals surface area contributed by atoms with E-state index in [2.05, 4.69) is 0 Å². The topological polar surface area (TPSA) is 40.5 Å². The van der Waals surface area contributed by atoms with Crippen molar-refractivity contribution in [1.29, 1.82) is 0 Å². The molecule has 110 valence electrons. The highest BCUT2D eigenvalue weighted by Gasteiger charge is 2.41. The molecule has 20 heavy (non-hydrogen) atoms. The van der Waals surface area contributed by atoms with Crippen molar-refractivity contribution in [2.24, 2.45) is 11.3 Å². The van der Waals surface area contributed by atoms with E-state index in [1.165, 1.54) is 17.7 Å². The van der Waals surface area contributed by atoms with Crippen molar-refractivity contribution >= 4 is 17.2 Å². The van der Waals surface area contributed by atoms with Crippen LogP contribution in [-0.2, 0) is 0 Å². The molecule has 1 aromatic heterocycles. The minimum Gasteiger partial charge on any atom is -0.396 e. The van der Waals surface area contributed by atoms with Crippen LogP contribution in [-0.4, -0.2) is 35.6 Å². The highest BCUT2D eigenvalue weighted by Crippen LogP contribution is 2.44. The number of aliphatic hydroxyl groups excluding tert-OH is 1. The lowest BCUT2D eigenvalue weighted by Gasteiger charge is -2.42. The van der Waals surface area contributed by atoms with Crippen molar-refractivity contribution in [3.05, 3.63) is 21.9 Å². The second-order valence-corrected chi connectivity index (χ2v) is 7.70. The highest BCUT2D eigenvalue weighted by atomic mass is 32.1. The lowest BCUT2D eigenvalue weighted by atomic mass is 9.76. The van der Waals surface area contributed by atoms with Crippen LogP contribution in [0.3, 0.4) is 0 Å². The van der Waals surface area contributed by atoms with Crippen LogP contribution in [0.1, 0.15) is 47.3 Å². The summed E-state index contributed by atoms with van der Waals surface area (Å²) in [6, 6.07) is 1.98. The van der Waals surface area contributed by atoms with E-state index in [0.29, 0.717) is 0 Å². The molecule has 1 saturated carbocycles. The quantitative estimate of drug-likeness (QED) is 0.927. The van der Waals surface area contributed by atoms with Gasteiger partial charge in [-0.2, -0.15) is 0 Å². The first kappa shape index (κ1) is 14.1. The zero-order chi connectivity index (χ0) is 14.2. The summed E-state index contributed by atoms with van der Waals surface area (Å²) in [4.78, 5) is 15.7. The van der Waals surface area contributed by atoms with Crippen molar-refractivity contribution in [2.75, 3.05) is 19.7 Å². The van der Waals surface area contributed by atoms with E-state index < -0.39 is 0 Å². The molecule has 2 fully saturated rings.